The standard InChI is InChI=1S/C21H36O/c1-14(2)13(22)21(15(3,4)16(21,5)6)20(12)17(7,8)19(14,11)18(20,9)10/h1-12H3. The van der Waals surface area contributed by atoms with E-state index in [0.29, 0.717) is 5.78 Å². The molecule has 0 saturated heterocycles. The van der Waals surface area contributed by atoms with Gasteiger partial charge in [0.05, 0.1) is 0 Å². The second-order valence-corrected chi connectivity index (χ2v) is 11.5. The molecule has 2 bridgehead atoms. The van der Waals surface area contributed by atoms with Crippen LogP contribution in [0.25, 0.3) is 0 Å². The van der Waals surface area contributed by atoms with Gasteiger partial charge in [0, 0.05) is 10.8 Å². The summed E-state index contributed by atoms with van der Waals surface area (Å²) in [4.78, 5) is 13.9. The van der Waals surface area contributed by atoms with Crippen LogP contribution in [-0.4, -0.2) is 5.78 Å². The third-order valence-electron chi connectivity index (χ3n) is 11.3. The van der Waals surface area contributed by atoms with Gasteiger partial charge < -0.3 is 0 Å². The molecule has 0 N–H and O–H groups in total. The first kappa shape index (κ1) is 16.5. The third-order valence-corrected chi connectivity index (χ3v) is 11.3. The number of hydrogen-bond donors (Lipinski definition) is 0. The molecule has 1 heteroatoms. The van der Waals surface area contributed by atoms with Crippen molar-refractivity contribution in [1.29, 1.82) is 0 Å². The molecule has 0 unspecified atom stereocenters. The Morgan fingerprint density at radius 1 is 0.500 bits per heavy atom. The van der Waals surface area contributed by atoms with Crippen LogP contribution in [0.15, 0.2) is 0 Å². The van der Waals surface area contributed by atoms with Crippen molar-refractivity contribution < 1.29 is 4.79 Å². The average molecular weight is 305 g/mol. The van der Waals surface area contributed by atoms with Crippen molar-refractivity contribution in [2.75, 3.05) is 0 Å². The maximum atomic E-state index is 13.9. The number of Topliss-reactive ketones (excluding diaryl/α,β-unsaturated/α-hetero) is 1. The molecular formula is C21H36O. The Bertz CT molecular complexity index is 567. The predicted octanol–water partition coefficient (Wildman–Crippen LogP) is 5.73. The number of carbonyl (C=O) groups excluding carboxylic acids is 1. The average Bonchev–Trinajstić information content (AvgIpc) is 2.70. The summed E-state index contributed by atoms with van der Waals surface area (Å²) in [6, 6.07) is 0. The van der Waals surface area contributed by atoms with Crippen molar-refractivity contribution >= 4 is 5.78 Å². The number of ketones is 1. The molecule has 0 aromatic carbocycles. The van der Waals surface area contributed by atoms with Gasteiger partial charge in [0.15, 0.2) is 0 Å². The van der Waals surface area contributed by atoms with Crippen molar-refractivity contribution in [1.82, 2.24) is 0 Å². The van der Waals surface area contributed by atoms with E-state index in [1.54, 1.807) is 0 Å². The molecule has 0 atom stereocenters. The van der Waals surface area contributed by atoms with Crippen molar-refractivity contribution in [2.45, 2.75) is 83.1 Å². The minimum absolute atomic E-state index is 0.0266. The van der Waals surface area contributed by atoms with E-state index in [-0.39, 0.29) is 43.3 Å². The second-order valence-electron chi connectivity index (χ2n) is 11.5. The molecule has 4 saturated carbocycles. The smallest absolute Gasteiger partial charge is 0.146 e. The molecule has 0 aliphatic heterocycles. The molecule has 22 heavy (non-hydrogen) atoms. The molecule has 0 aromatic heterocycles. The Labute approximate surface area is 137 Å². The molecule has 1 spiro atoms. The minimum atomic E-state index is -0.289. The second kappa shape index (κ2) is 3.11. The monoisotopic (exact) mass is 304 g/mol. The maximum Gasteiger partial charge on any atom is 0.146 e. The number of hydrogen-bond acceptors (Lipinski definition) is 1. The molecule has 126 valence electrons. The zero-order valence-electron chi connectivity index (χ0n) is 16.9. The van der Waals surface area contributed by atoms with Crippen LogP contribution in [0.5, 0.6) is 0 Å². The van der Waals surface area contributed by atoms with E-state index in [4.69, 9.17) is 0 Å². The quantitative estimate of drug-likeness (QED) is 0.559. The fourth-order valence-electron chi connectivity index (χ4n) is 9.05. The highest BCUT2D eigenvalue weighted by molar-refractivity contribution is 6.00. The third kappa shape index (κ3) is 0.834. The van der Waals surface area contributed by atoms with E-state index < -0.39 is 0 Å². The molecule has 0 aromatic rings. The lowest BCUT2D eigenvalue weighted by Gasteiger charge is -2.88. The largest absolute Gasteiger partial charge is 0.298 e. The number of rotatable bonds is 0. The number of carbonyl (C=O) groups is 1. The van der Waals surface area contributed by atoms with E-state index >= 15 is 0 Å². The summed E-state index contributed by atoms with van der Waals surface area (Å²) in [5, 5.41) is 0. The van der Waals surface area contributed by atoms with Crippen molar-refractivity contribution in [3.05, 3.63) is 0 Å². The zero-order chi connectivity index (χ0) is 17.6. The van der Waals surface area contributed by atoms with E-state index in [1.165, 1.54) is 0 Å². The SMILES string of the molecule is CC1(C)C(=O)C2(C(C)(C)C2(C)C)C2(C)C(C)(C)C1(C)C2(C)C. The van der Waals surface area contributed by atoms with Crippen LogP contribution < -0.4 is 0 Å². The molecule has 0 heterocycles. The Kier molecular flexibility index (Phi) is 2.34. The van der Waals surface area contributed by atoms with E-state index in [2.05, 4.69) is 83.1 Å². The van der Waals surface area contributed by atoms with Crippen molar-refractivity contribution in [3.63, 3.8) is 0 Å². The van der Waals surface area contributed by atoms with Crippen LogP contribution in [0.3, 0.4) is 0 Å². The van der Waals surface area contributed by atoms with Gasteiger partial charge >= 0.3 is 0 Å². The molecule has 0 radical (unpaired) electrons. The van der Waals surface area contributed by atoms with Gasteiger partial charge in [-0.2, -0.15) is 0 Å². The van der Waals surface area contributed by atoms with Gasteiger partial charge in [-0.3, -0.25) is 4.79 Å². The highest BCUT2D eigenvalue weighted by Gasteiger charge is 3.00. The fourth-order valence-corrected chi connectivity index (χ4v) is 9.05. The Balaban J connectivity index is 2.45. The molecular weight excluding hydrogens is 268 g/mol. The van der Waals surface area contributed by atoms with Gasteiger partial charge in [-0.05, 0) is 32.5 Å². The molecule has 1 nitrogen and oxygen atoms in total. The molecule has 0 amide bonds. The van der Waals surface area contributed by atoms with Crippen LogP contribution in [0.2, 0.25) is 0 Å². The van der Waals surface area contributed by atoms with Crippen molar-refractivity contribution in [2.24, 2.45) is 43.3 Å². The zero-order valence-corrected chi connectivity index (χ0v) is 16.9. The summed E-state index contributed by atoms with van der Waals surface area (Å²) in [5.41, 5.74) is -0.0546. The normalized spacial score (nSPS) is 47.0. The Hall–Kier alpha value is -0.330. The van der Waals surface area contributed by atoms with Crippen LogP contribution in [0.4, 0.5) is 0 Å². The molecule has 4 rings (SSSR count). The molecule has 4 aliphatic rings. The van der Waals surface area contributed by atoms with Gasteiger partial charge in [-0.25, -0.2) is 0 Å². The molecule has 4 aliphatic carbocycles. The summed E-state index contributed by atoms with van der Waals surface area (Å²) in [6.07, 6.45) is 0. The minimum Gasteiger partial charge on any atom is -0.298 e. The number of fused-ring (bicyclic) bond motifs is 1. The first-order valence-electron chi connectivity index (χ1n) is 8.95. The summed E-state index contributed by atoms with van der Waals surface area (Å²) in [5.74, 6) is 0.527. The topological polar surface area (TPSA) is 17.1 Å². The van der Waals surface area contributed by atoms with Crippen molar-refractivity contribution in [3.8, 4) is 0 Å². The van der Waals surface area contributed by atoms with Gasteiger partial charge in [0.2, 0.25) is 0 Å². The Morgan fingerprint density at radius 2 is 0.818 bits per heavy atom. The lowest BCUT2D eigenvalue weighted by molar-refractivity contribution is -0.387. The van der Waals surface area contributed by atoms with Gasteiger partial charge in [-0.15, -0.1) is 0 Å². The first-order chi connectivity index (χ1) is 9.40. The van der Waals surface area contributed by atoms with Gasteiger partial charge in [-0.1, -0.05) is 83.1 Å². The maximum absolute atomic E-state index is 13.9. The lowest BCUT2D eigenvalue weighted by Crippen LogP contribution is -2.87. The Morgan fingerprint density at radius 3 is 1.09 bits per heavy atom. The highest BCUT2D eigenvalue weighted by atomic mass is 16.1. The van der Waals surface area contributed by atoms with Crippen LogP contribution >= 0.6 is 0 Å². The van der Waals surface area contributed by atoms with E-state index in [1.807, 2.05) is 0 Å². The van der Waals surface area contributed by atoms with Crippen LogP contribution in [0, 0.1) is 43.3 Å². The predicted molar refractivity (Wildman–Crippen MR) is 92.6 cm³/mol. The lowest BCUT2D eigenvalue weighted by atomic mass is 9.15. The van der Waals surface area contributed by atoms with Crippen LogP contribution in [0.1, 0.15) is 83.1 Å². The van der Waals surface area contributed by atoms with Gasteiger partial charge in [0.1, 0.15) is 5.78 Å². The summed E-state index contributed by atoms with van der Waals surface area (Å²) in [6.45, 7) is 28.3. The van der Waals surface area contributed by atoms with Gasteiger partial charge in [0.25, 0.3) is 0 Å². The molecule has 4 fully saturated rings. The van der Waals surface area contributed by atoms with E-state index in [9.17, 15) is 4.79 Å². The summed E-state index contributed by atoms with van der Waals surface area (Å²) < 4.78 is 0. The van der Waals surface area contributed by atoms with E-state index in [0.717, 1.165) is 0 Å². The fraction of sp³-hybridized carbons (Fsp3) is 0.952. The first-order valence-corrected chi connectivity index (χ1v) is 8.95. The summed E-state index contributed by atoms with van der Waals surface area (Å²) in [7, 11) is 0. The van der Waals surface area contributed by atoms with Crippen LogP contribution in [-0.2, 0) is 4.79 Å². The summed E-state index contributed by atoms with van der Waals surface area (Å²) >= 11 is 0. The highest BCUT2D eigenvalue weighted by Crippen LogP contribution is 3.01.